The van der Waals surface area contributed by atoms with Crippen molar-refractivity contribution in [1.82, 2.24) is 4.98 Å². The summed E-state index contributed by atoms with van der Waals surface area (Å²) in [6.45, 7) is 2.58. The summed E-state index contributed by atoms with van der Waals surface area (Å²) >= 11 is 0. The lowest BCUT2D eigenvalue weighted by Gasteiger charge is -1.97. The van der Waals surface area contributed by atoms with Crippen molar-refractivity contribution in [2.75, 3.05) is 6.54 Å². The number of rotatable bonds is 2. The van der Waals surface area contributed by atoms with Gasteiger partial charge in [-0.05, 0) is 18.6 Å². The van der Waals surface area contributed by atoms with Crippen LogP contribution in [0.5, 0.6) is 0 Å². The van der Waals surface area contributed by atoms with E-state index in [1.165, 1.54) is 6.07 Å². The summed E-state index contributed by atoms with van der Waals surface area (Å²) < 4.78 is 26.5. The molecule has 2 aromatic rings. The Bertz CT molecular complexity index is 503. The number of hydrogen-bond donors (Lipinski definition) is 2. The Balaban J connectivity index is 2.74. The van der Waals surface area contributed by atoms with Crippen LogP contribution in [0.1, 0.15) is 11.3 Å². The maximum atomic E-state index is 13.4. The third-order valence-electron chi connectivity index (χ3n) is 2.57. The first-order valence-electron chi connectivity index (χ1n) is 4.89. The molecular weight excluding hydrogens is 198 g/mol. The van der Waals surface area contributed by atoms with E-state index in [2.05, 4.69) is 10.7 Å². The fourth-order valence-electron chi connectivity index (χ4n) is 1.90. The predicted molar refractivity (Wildman–Crippen MR) is 54.4 cm³/mol. The molecule has 0 aliphatic heterocycles. The van der Waals surface area contributed by atoms with Gasteiger partial charge in [-0.3, -0.25) is 0 Å². The van der Waals surface area contributed by atoms with Gasteiger partial charge in [-0.2, -0.15) is 0 Å². The molecule has 4 heteroatoms. The number of aryl methyl sites for hydroxylation is 1. The molecule has 0 saturated heterocycles. The summed E-state index contributed by atoms with van der Waals surface area (Å²) in [5, 5.41) is 0.633. The highest BCUT2D eigenvalue weighted by molar-refractivity contribution is 5.85. The summed E-state index contributed by atoms with van der Waals surface area (Å²) in [5.74, 6) is -1.08. The van der Waals surface area contributed by atoms with Crippen molar-refractivity contribution < 1.29 is 14.5 Å². The first-order valence-corrected chi connectivity index (χ1v) is 4.89. The van der Waals surface area contributed by atoms with Gasteiger partial charge in [0.1, 0.15) is 11.6 Å². The van der Waals surface area contributed by atoms with Gasteiger partial charge in [0.05, 0.1) is 12.1 Å². The number of fused-ring (bicyclic) bond motifs is 1. The van der Waals surface area contributed by atoms with Crippen molar-refractivity contribution in [1.29, 1.82) is 0 Å². The Morgan fingerprint density at radius 3 is 2.73 bits per heavy atom. The highest BCUT2D eigenvalue weighted by Gasteiger charge is 2.12. The molecule has 0 fully saturated rings. The van der Waals surface area contributed by atoms with Crippen molar-refractivity contribution >= 4 is 10.9 Å². The van der Waals surface area contributed by atoms with E-state index in [1.807, 2.05) is 6.92 Å². The minimum Gasteiger partial charge on any atom is -0.357 e. The van der Waals surface area contributed by atoms with E-state index in [9.17, 15) is 8.78 Å². The molecule has 2 rings (SSSR count). The van der Waals surface area contributed by atoms with Crippen molar-refractivity contribution in [2.24, 2.45) is 0 Å². The van der Waals surface area contributed by atoms with Crippen molar-refractivity contribution in [3.8, 4) is 0 Å². The quantitative estimate of drug-likeness (QED) is 0.756. The second-order valence-corrected chi connectivity index (χ2v) is 3.64. The largest absolute Gasteiger partial charge is 0.357 e. The van der Waals surface area contributed by atoms with E-state index in [0.29, 0.717) is 17.4 Å². The normalized spacial score (nSPS) is 11.2. The zero-order chi connectivity index (χ0) is 11.0. The molecule has 0 spiro atoms. The number of aromatic amines is 1. The SMILES string of the molecule is Cc1[nH]c2c(F)cc(F)cc2c1CC[NH3+]. The minimum atomic E-state index is -0.539. The number of hydrogen-bond acceptors (Lipinski definition) is 0. The van der Waals surface area contributed by atoms with Gasteiger partial charge in [0.15, 0.2) is 0 Å². The van der Waals surface area contributed by atoms with E-state index in [4.69, 9.17) is 0 Å². The molecular formula is C11H13F2N2+. The van der Waals surface area contributed by atoms with Crippen molar-refractivity contribution in [2.45, 2.75) is 13.3 Å². The van der Waals surface area contributed by atoms with Crippen LogP contribution in [-0.4, -0.2) is 11.5 Å². The Kier molecular flexibility index (Phi) is 2.44. The van der Waals surface area contributed by atoms with Crippen molar-refractivity contribution in [3.63, 3.8) is 0 Å². The first-order chi connectivity index (χ1) is 7.13. The van der Waals surface area contributed by atoms with Gasteiger partial charge in [-0.15, -0.1) is 0 Å². The van der Waals surface area contributed by atoms with Crippen LogP contribution < -0.4 is 5.73 Å². The number of benzene rings is 1. The van der Waals surface area contributed by atoms with Crippen LogP contribution >= 0.6 is 0 Å². The third-order valence-corrected chi connectivity index (χ3v) is 2.57. The molecule has 0 bridgehead atoms. The van der Waals surface area contributed by atoms with Gasteiger partial charge < -0.3 is 10.7 Å². The standard InChI is InChI=1S/C11H12F2N2/c1-6-8(2-3-14)9-4-7(12)5-10(13)11(9)15-6/h4-5,15H,2-3,14H2,1H3/p+1. The fraction of sp³-hybridized carbons (Fsp3) is 0.273. The molecule has 4 N–H and O–H groups in total. The number of quaternary nitrogens is 1. The molecule has 0 atom stereocenters. The Labute approximate surface area is 86.1 Å². The van der Waals surface area contributed by atoms with E-state index in [0.717, 1.165) is 23.7 Å². The molecule has 0 radical (unpaired) electrons. The molecule has 0 aliphatic carbocycles. The second kappa shape index (κ2) is 3.62. The predicted octanol–water partition coefficient (Wildman–Crippen LogP) is 1.54. The van der Waals surface area contributed by atoms with Gasteiger partial charge in [0, 0.05) is 23.6 Å². The highest BCUT2D eigenvalue weighted by Crippen LogP contribution is 2.25. The van der Waals surface area contributed by atoms with Gasteiger partial charge in [0.2, 0.25) is 0 Å². The molecule has 80 valence electrons. The molecule has 2 nitrogen and oxygen atoms in total. The minimum absolute atomic E-state index is 0.386. The summed E-state index contributed by atoms with van der Waals surface area (Å²) in [6, 6.07) is 2.26. The molecule has 0 saturated carbocycles. The Morgan fingerprint density at radius 1 is 1.33 bits per heavy atom. The summed E-state index contributed by atoms with van der Waals surface area (Å²) in [7, 11) is 0. The molecule has 0 unspecified atom stereocenters. The maximum Gasteiger partial charge on any atom is 0.150 e. The van der Waals surface area contributed by atoms with E-state index in [-0.39, 0.29) is 0 Å². The van der Waals surface area contributed by atoms with Crippen molar-refractivity contribution in [3.05, 3.63) is 35.0 Å². The van der Waals surface area contributed by atoms with Gasteiger partial charge in [-0.1, -0.05) is 0 Å². The smallest absolute Gasteiger partial charge is 0.150 e. The average molecular weight is 211 g/mol. The van der Waals surface area contributed by atoms with Crippen LogP contribution in [0.25, 0.3) is 10.9 Å². The first kappa shape index (κ1) is 10.1. The van der Waals surface area contributed by atoms with E-state index in [1.54, 1.807) is 0 Å². The van der Waals surface area contributed by atoms with Crippen LogP contribution in [-0.2, 0) is 6.42 Å². The lowest BCUT2D eigenvalue weighted by atomic mass is 10.1. The molecule has 1 heterocycles. The molecule has 0 aliphatic rings. The fourth-order valence-corrected chi connectivity index (χ4v) is 1.90. The van der Waals surface area contributed by atoms with Gasteiger partial charge >= 0.3 is 0 Å². The van der Waals surface area contributed by atoms with Gasteiger partial charge in [-0.25, -0.2) is 8.78 Å². The second-order valence-electron chi connectivity index (χ2n) is 3.64. The number of H-pyrrole nitrogens is 1. The molecule has 1 aromatic heterocycles. The van der Waals surface area contributed by atoms with Crippen LogP contribution in [0.3, 0.4) is 0 Å². The van der Waals surface area contributed by atoms with Crippen LogP contribution in [0.4, 0.5) is 8.78 Å². The average Bonchev–Trinajstić information content (AvgIpc) is 2.46. The highest BCUT2D eigenvalue weighted by atomic mass is 19.1. The summed E-state index contributed by atoms with van der Waals surface area (Å²) in [5.41, 5.74) is 5.98. The summed E-state index contributed by atoms with van der Waals surface area (Å²) in [4.78, 5) is 2.94. The Morgan fingerprint density at radius 2 is 2.07 bits per heavy atom. The molecule has 1 aromatic carbocycles. The lowest BCUT2D eigenvalue weighted by molar-refractivity contribution is -0.366. The van der Waals surface area contributed by atoms with Crippen LogP contribution in [0.15, 0.2) is 12.1 Å². The van der Waals surface area contributed by atoms with E-state index >= 15 is 0 Å². The number of nitrogens with one attached hydrogen (secondary N) is 1. The van der Waals surface area contributed by atoms with Crippen LogP contribution in [0.2, 0.25) is 0 Å². The van der Waals surface area contributed by atoms with Gasteiger partial charge in [0.25, 0.3) is 0 Å². The molecule has 15 heavy (non-hydrogen) atoms. The zero-order valence-electron chi connectivity index (χ0n) is 8.53. The zero-order valence-corrected chi connectivity index (χ0v) is 8.53. The third kappa shape index (κ3) is 1.61. The number of aromatic nitrogens is 1. The lowest BCUT2D eigenvalue weighted by Crippen LogP contribution is -2.51. The molecule has 0 amide bonds. The van der Waals surface area contributed by atoms with Crippen LogP contribution in [0, 0.1) is 18.6 Å². The maximum absolute atomic E-state index is 13.4. The Hall–Kier alpha value is -1.42. The topological polar surface area (TPSA) is 43.4 Å². The summed E-state index contributed by atoms with van der Waals surface area (Å²) in [6.07, 6.45) is 0.731. The van der Waals surface area contributed by atoms with E-state index < -0.39 is 11.6 Å². The monoisotopic (exact) mass is 211 g/mol. The number of halogens is 2.